The van der Waals surface area contributed by atoms with Gasteiger partial charge in [0.05, 0.1) is 0 Å². The van der Waals surface area contributed by atoms with E-state index < -0.39 is 0 Å². The van der Waals surface area contributed by atoms with Crippen LogP contribution < -0.4 is 15.8 Å². The summed E-state index contributed by atoms with van der Waals surface area (Å²) in [7, 11) is 0. The maximum absolute atomic E-state index is 6.83. The number of benzene rings is 3. The van der Waals surface area contributed by atoms with Crippen LogP contribution in [-0.4, -0.2) is 43.2 Å². The fraction of sp³-hybridized carbons (Fsp3) is 0.486. The van der Waals surface area contributed by atoms with Crippen LogP contribution >= 0.6 is 37.2 Å². The number of hydrogen-bond donors (Lipinski definition) is 2. The van der Waals surface area contributed by atoms with E-state index in [4.69, 9.17) is 10.5 Å². The van der Waals surface area contributed by atoms with Crippen molar-refractivity contribution in [2.45, 2.75) is 71.3 Å². The molecule has 5 rings (SSSR count). The Kier molecular flexibility index (Phi) is 14.0. The van der Waals surface area contributed by atoms with Crippen molar-refractivity contribution in [2.24, 2.45) is 5.92 Å². The van der Waals surface area contributed by atoms with Gasteiger partial charge in [-0.25, -0.2) is 0 Å². The molecule has 0 amide bonds. The number of fused-ring (bicyclic) bond motifs is 1. The number of rotatable bonds is 10. The van der Waals surface area contributed by atoms with Gasteiger partial charge < -0.3 is 15.8 Å². The van der Waals surface area contributed by atoms with Crippen LogP contribution in [0.4, 0.5) is 5.69 Å². The van der Waals surface area contributed by atoms with Crippen molar-refractivity contribution in [2.75, 3.05) is 38.5 Å². The summed E-state index contributed by atoms with van der Waals surface area (Å²) in [6.45, 7) is 14.2. The second-order valence-electron chi connectivity index (χ2n) is 12.2. The van der Waals surface area contributed by atoms with E-state index in [-0.39, 0.29) is 42.8 Å². The zero-order chi connectivity index (χ0) is 27.4. The first kappa shape index (κ1) is 36.2. The summed E-state index contributed by atoms with van der Waals surface area (Å²) in [6.07, 6.45) is 5.86. The Hall–Kier alpha value is -1.95. The van der Waals surface area contributed by atoms with E-state index in [1.807, 2.05) is 0 Å². The molecule has 0 radical (unpaired) electrons. The monoisotopic (exact) mass is 633 g/mol. The molecule has 1 atom stereocenters. The molecule has 232 valence electrons. The van der Waals surface area contributed by atoms with Gasteiger partial charge in [-0.2, -0.15) is 0 Å². The molecule has 0 aromatic heterocycles. The van der Waals surface area contributed by atoms with Gasteiger partial charge in [0, 0.05) is 30.1 Å². The quantitative estimate of drug-likeness (QED) is 0.222. The number of ether oxygens (including phenoxy) is 1. The first-order valence-corrected chi connectivity index (χ1v) is 14.9. The number of nitrogen functional groups attached to an aromatic ring is 1. The molecular formula is C35H50Cl3N3O. The molecule has 2 heterocycles. The van der Waals surface area contributed by atoms with Crippen molar-refractivity contribution in [3.05, 3.63) is 94.0 Å². The van der Waals surface area contributed by atoms with Gasteiger partial charge in [0.2, 0.25) is 0 Å². The third-order valence-corrected chi connectivity index (χ3v) is 9.35. The molecule has 0 spiro atoms. The summed E-state index contributed by atoms with van der Waals surface area (Å²) in [5.74, 6) is 2.27. The van der Waals surface area contributed by atoms with Crippen molar-refractivity contribution in [1.29, 1.82) is 0 Å². The van der Waals surface area contributed by atoms with Gasteiger partial charge >= 0.3 is 0 Å². The van der Waals surface area contributed by atoms with E-state index in [9.17, 15) is 0 Å². The highest BCUT2D eigenvalue weighted by Crippen LogP contribution is 2.44. The van der Waals surface area contributed by atoms with Crippen LogP contribution in [-0.2, 0) is 6.42 Å². The van der Waals surface area contributed by atoms with E-state index in [2.05, 4.69) is 98.6 Å². The van der Waals surface area contributed by atoms with Crippen molar-refractivity contribution >= 4 is 42.9 Å². The van der Waals surface area contributed by atoms with Crippen LogP contribution in [0.2, 0.25) is 0 Å². The van der Waals surface area contributed by atoms with Crippen molar-refractivity contribution in [3.8, 4) is 5.75 Å². The Bertz CT molecular complexity index is 1170. The smallest absolute Gasteiger partial charge is 0.127 e. The van der Waals surface area contributed by atoms with Gasteiger partial charge in [0.25, 0.3) is 0 Å². The molecule has 1 fully saturated rings. The van der Waals surface area contributed by atoms with E-state index >= 15 is 0 Å². The lowest BCUT2D eigenvalue weighted by atomic mass is 9.88. The van der Waals surface area contributed by atoms with Crippen LogP contribution in [0, 0.1) is 26.7 Å². The summed E-state index contributed by atoms with van der Waals surface area (Å²) in [4.78, 5) is 2.70. The molecule has 1 unspecified atom stereocenters. The fourth-order valence-corrected chi connectivity index (χ4v) is 6.79. The van der Waals surface area contributed by atoms with Gasteiger partial charge in [0.15, 0.2) is 0 Å². The summed E-state index contributed by atoms with van der Waals surface area (Å²) >= 11 is 0. The van der Waals surface area contributed by atoms with Gasteiger partial charge in [-0.15, -0.1) is 37.2 Å². The number of halogens is 3. The van der Waals surface area contributed by atoms with Crippen LogP contribution in [0.1, 0.15) is 71.9 Å². The highest BCUT2D eigenvalue weighted by Gasteiger charge is 2.39. The zero-order valence-electron chi connectivity index (χ0n) is 25.7. The Labute approximate surface area is 272 Å². The second kappa shape index (κ2) is 16.2. The molecule has 0 aliphatic carbocycles. The maximum Gasteiger partial charge on any atom is 0.127 e. The molecule has 0 bridgehead atoms. The third kappa shape index (κ3) is 8.36. The molecule has 1 saturated heterocycles. The van der Waals surface area contributed by atoms with Gasteiger partial charge in [-0.05, 0) is 113 Å². The highest BCUT2D eigenvalue weighted by atomic mass is 35.5. The number of piperidine rings is 1. The number of hydrogen-bond acceptors (Lipinski definition) is 4. The molecular weight excluding hydrogens is 585 g/mol. The first-order valence-electron chi connectivity index (χ1n) is 14.9. The lowest BCUT2D eigenvalue weighted by Gasteiger charge is -2.34. The van der Waals surface area contributed by atoms with E-state index in [1.54, 1.807) is 0 Å². The Balaban J connectivity index is 0.00000205. The Morgan fingerprint density at radius 2 is 1.43 bits per heavy atom. The normalized spacial score (nSPS) is 18.0. The average molecular weight is 635 g/mol. The lowest BCUT2D eigenvalue weighted by molar-refractivity contribution is 0.0585. The first-order chi connectivity index (χ1) is 18.8. The van der Waals surface area contributed by atoms with Crippen LogP contribution in [0.25, 0.3) is 0 Å². The fourth-order valence-electron chi connectivity index (χ4n) is 6.79. The largest absolute Gasteiger partial charge is 0.485 e. The summed E-state index contributed by atoms with van der Waals surface area (Å²) < 4.78 is 6.83. The molecule has 3 aromatic carbocycles. The predicted octanol–water partition coefficient (Wildman–Crippen LogP) is 8.07. The van der Waals surface area contributed by atoms with Crippen molar-refractivity contribution < 1.29 is 4.74 Å². The molecule has 3 aromatic rings. The van der Waals surface area contributed by atoms with Crippen LogP contribution in [0.3, 0.4) is 0 Å². The minimum Gasteiger partial charge on any atom is -0.485 e. The number of nitrogens with two attached hydrogens (primary N) is 1. The number of nitrogens with one attached hydrogen (secondary N) is 1. The molecule has 42 heavy (non-hydrogen) atoms. The van der Waals surface area contributed by atoms with Gasteiger partial charge in [-0.3, -0.25) is 4.90 Å². The standard InChI is InChI=1S/C35H47N3O.3ClH/c1-25-26(2)34-32(27(3)33(25)36)23-35(4,39-34)24-38(21-17-28-15-19-37-20-16-28)22-18-31(29-11-7-5-8-12-29)30-13-9-6-10-14-30;;;/h5-14,28,31,37H,15-24,36H2,1-4H3;3*1H. The SMILES string of the molecule is Cc1c(C)c2c(c(C)c1N)CC(C)(CN(CCC1CCNCC1)CCC(c1ccccc1)c1ccccc1)O2.Cl.Cl.Cl. The number of anilines is 1. The number of nitrogens with zero attached hydrogens (tertiary/aromatic N) is 1. The molecule has 7 heteroatoms. The van der Waals surface area contributed by atoms with Crippen LogP contribution in [0.15, 0.2) is 60.7 Å². The average Bonchev–Trinajstić information content (AvgIpc) is 3.33. The molecule has 4 nitrogen and oxygen atoms in total. The Morgan fingerprint density at radius 1 is 0.857 bits per heavy atom. The predicted molar refractivity (Wildman–Crippen MR) is 186 cm³/mol. The summed E-state index contributed by atoms with van der Waals surface area (Å²) in [5, 5.41) is 3.53. The van der Waals surface area contributed by atoms with E-state index in [1.165, 1.54) is 47.1 Å². The summed E-state index contributed by atoms with van der Waals surface area (Å²) in [5.41, 5.74) is 14.8. The lowest BCUT2D eigenvalue weighted by Crippen LogP contribution is -2.45. The third-order valence-electron chi connectivity index (χ3n) is 9.35. The zero-order valence-corrected chi connectivity index (χ0v) is 28.1. The topological polar surface area (TPSA) is 50.5 Å². The van der Waals surface area contributed by atoms with Crippen LogP contribution in [0.5, 0.6) is 5.75 Å². The molecule has 2 aliphatic rings. The minimum absolute atomic E-state index is 0. The van der Waals surface area contributed by atoms with Gasteiger partial charge in [0.1, 0.15) is 11.4 Å². The molecule has 3 N–H and O–H groups in total. The van der Waals surface area contributed by atoms with Crippen molar-refractivity contribution in [1.82, 2.24) is 10.2 Å². The minimum atomic E-state index is -0.249. The maximum atomic E-state index is 6.83. The second-order valence-corrected chi connectivity index (χ2v) is 12.2. The molecule has 0 saturated carbocycles. The van der Waals surface area contributed by atoms with Crippen molar-refractivity contribution in [3.63, 3.8) is 0 Å². The van der Waals surface area contributed by atoms with E-state index in [0.29, 0.717) is 5.92 Å². The van der Waals surface area contributed by atoms with E-state index in [0.717, 1.165) is 68.5 Å². The molecule has 2 aliphatic heterocycles. The Morgan fingerprint density at radius 3 is 2.00 bits per heavy atom. The highest BCUT2D eigenvalue weighted by molar-refractivity contribution is 5.86. The summed E-state index contributed by atoms with van der Waals surface area (Å²) in [6, 6.07) is 22.1. The van der Waals surface area contributed by atoms with Gasteiger partial charge in [-0.1, -0.05) is 60.7 Å².